The third-order valence-electron chi connectivity index (χ3n) is 3.66. The number of aromatic nitrogens is 1. The summed E-state index contributed by atoms with van der Waals surface area (Å²) in [6.07, 6.45) is 4.62. The van der Waals surface area contributed by atoms with Gasteiger partial charge in [0, 0.05) is 30.5 Å². The minimum absolute atomic E-state index is 0.0117. The lowest BCUT2D eigenvalue weighted by Gasteiger charge is -2.14. The molecule has 0 unspecified atom stereocenters. The molecule has 2 aromatic rings. The predicted octanol–water partition coefficient (Wildman–Crippen LogP) is 2.29. The van der Waals surface area contributed by atoms with Crippen molar-refractivity contribution in [3.8, 4) is 0 Å². The molecule has 7 heteroatoms. The van der Waals surface area contributed by atoms with Gasteiger partial charge in [0.1, 0.15) is 0 Å². The van der Waals surface area contributed by atoms with E-state index in [4.69, 9.17) is 5.14 Å². The van der Waals surface area contributed by atoms with E-state index in [-0.39, 0.29) is 23.3 Å². The van der Waals surface area contributed by atoms with Crippen molar-refractivity contribution < 1.29 is 13.2 Å². The summed E-state index contributed by atoms with van der Waals surface area (Å²) in [5.74, 6) is -0.184. The average Bonchev–Trinajstić information content (AvgIpc) is 3.00. The fraction of sp³-hybridized carbons (Fsp3) is 0.312. The number of hydrogen-bond donors (Lipinski definition) is 2. The molecule has 0 fully saturated rings. The van der Waals surface area contributed by atoms with Gasteiger partial charge in [-0.1, -0.05) is 13.0 Å². The molecule has 1 amide bonds. The zero-order valence-corrected chi connectivity index (χ0v) is 14.0. The van der Waals surface area contributed by atoms with Crippen LogP contribution >= 0.6 is 0 Å². The van der Waals surface area contributed by atoms with Crippen molar-refractivity contribution in [3.63, 3.8) is 0 Å². The number of carbonyl (C=O) groups excluding carboxylic acids is 1. The molecule has 6 nitrogen and oxygen atoms in total. The second-order valence-electron chi connectivity index (χ2n) is 5.45. The van der Waals surface area contributed by atoms with Crippen LogP contribution in [0.3, 0.4) is 0 Å². The summed E-state index contributed by atoms with van der Waals surface area (Å²) < 4.78 is 25.2. The largest absolute Gasteiger partial charge is 0.351 e. The van der Waals surface area contributed by atoms with Gasteiger partial charge in [0.15, 0.2) is 0 Å². The van der Waals surface area contributed by atoms with Crippen LogP contribution in [0.25, 0.3) is 0 Å². The number of nitrogens with zero attached hydrogens (tertiary/aromatic N) is 1. The highest BCUT2D eigenvalue weighted by atomic mass is 32.2. The number of primary sulfonamides is 1. The average molecular weight is 335 g/mol. The molecular weight excluding hydrogens is 314 g/mol. The third-order valence-corrected chi connectivity index (χ3v) is 4.65. The fourth-order valence-electron chi connectivity index (χ4n) is 2.42. The zero-order valence-electron chi connectivity index (χ0n) is 13.2. The number of nitrogens with two attached hydrogens (primary N) is 1. The summed E-state index contributed by atoms with van der Waals surface area (Å²) in [4.78, 5) is 12.2. The molecule has 0 aliphatic heterocycles. The summed E-state index contributed by atoms with van der Waals surface area (Å²) in [6.45, 7) is 3.79. The third kappa shape index (κ3) is 4.43. The van der Waals surface area contributed by atoms with E-state index < -0.39 is 10.0 Å². The van der Waals surface area contributed by atoms with E-state index in [1.54, 1.807) is 12.1 Å². The Morgan fingerprint density at radius 2 is 1.96 bits per heavy atom. The maximum Gasteiger partial charge on any atom is 0.238 e. The van der Waals surface area contributed by atoms with Gasteiger partial charge in [-0.15, -0.1) is 0 Å². The normalized spacial score (nSPS) is 12.8. The number of benzene rings is 1. The second kappa shape index (κ2) is 6.97. The quantitative estimate of drug-likeness (QED) is 0.848. The Labute approximate surface area is 136 Å². The van der Waals surface area contributed by atoms with E-state index in [9.17, 15) is 13.2 Å². The molecule has 1 aromatic carbocycles. The molecule has 0 spiro atoms. The molecular formula is C16H21N3O3S. The highest BCUT2D eigenvalue weighted by Crippen LogP contribution is 2.21. The minimum atomic E-state index is -3.82. The topological polar surface area (TPSA) is 94.2 Å². The number of hydrogen-bond acceptors (Lipinski definition) is 3. The number of carbonyl (C=O) groups is 1. The first-order valence-electron chi connectivity index (χ1n) is 7.39. The van der Waals surface area contributed by atoms with Crippen LogP contribution in [0, 0.1) is 0 Å². The Kier molecular flexibility index (Phi) is 5.23. The van der Waals surface area contributed by atoms with E-state index in [0.29, 0.717) is 17.7 Å². The summed E-state index contributed by atoms with van der Waals surface area (Å²) in [5.41, 5.74) is 1.06. The molecule has 124 valence electrons. The highest BCUT2D eigenvalue weighted by molar-refractivity contribution is 7.89. The Morgan fingerprint density at radius 3 is 2.52 bits per heavy atom. The number of amides is 1. The lowest BCUT2D eigenvalue weighted by molar-refractivity contribution is -0.116. The van der Waals surface area contributed by atoms with Crippen molar-refractivity contribution in [3.05, 3.63) is 48.3 Å². The Hall–Kier alpha value is -2.12. The van der Waals surface area contributed by atoms with E-state index in [0.717, 1.165) is 0 Å². The fourth-order valence-corrected chi connectivity index (χ4v) is 3.29. The van der Waals surface area contributed by atoms with Crippen LogP contribution in [0.1, 0.15) is 31.9 Å². The highest BCUT2D eigenvalue weighted by Gasteiger charge is 2.15. The van der Waals surface area contributed by atoms with Crippen LogP contribution in [0.5, 0.6) is 0 Å². The first kappa shape index (κ1) is 17.2. The van der Waals surface area contributed by atoms with Crippen molar-refractivity contribution in [1.29, 1.82) is 0 Å². The maximum absolute atomic E-state index is 12.1. The summed E-state index contributed by atoms with van der Waals surface area (Å²) in [5, 5.41) is 7.96. The van der Waals surface area contributed by atoms with Crippen molar-refractivity contribution in [1.82, 2.24) is 4.57 Å². The lowest BCUT2D eigenvalue weighted by Crippen LogP contribution is -2.18. The standard InChI is InChI=1S/C16H21N3O3S/c1-3-13-6-7-14(11-15(13)23(17,21)22)18-16(20)10-12(2)19-8-4-5-9-19/h4-9,11-12H,3,10H2,1-2H3,(H,18,20)(H2,17,21,22)/t12-/m1/s1. The first-order valence-corrected chi connectivity index (χ1v) is 8.94. The maximum atomic E-state index is 12.1. The minimum Gasteiger partial charge on any atom is -0.351 e. The predicted molar refractivity (Wildman–Crippen MR) is 89.6 cm³/mol. The van der Waals surface area contributed by atoms with Crippen LogP contribution in [-0.4, -0.2) is 18.9 Å². The van der Waals surface area contributed by atoms with E-state index in [1.165, 1.54) is 6.07 Å². The second-order valence-corrected chi connectivity index (χ2v) is 6.98. The molecule has 0 radical (unpaired) electrons. The van der Waals surface area contributed by atoms with E-state index in [1.807, 2.05) is 42.9 Å². The van der Waals surface area contributed by atoms with Gasteiger partial charge in [-0.05, 0) is 43.2 Å². The first-order chi connectivity index (χ1) is 10.8. The number of aryl methyl sites for hydroxylation is 1. The summed E-state index contributed by atoms with van der Waals surface area (Å²) in [7, 11) is -3.82. The zero-order chi connectivity index (χ0) is 17.0. The molecule has 0 aliphatic carbocycles. The molecule has 0 aliphatic rings. The molecule has 1 aromatic heterocycles. The van der Waals surface area contributed by atoms with Gasteiger partial charge in [-0.2, -0.15) is 0 Å². The van der Waals surface area contributed by atoms with Crippen LogP contribution in [0.2, 0.25) is 0 Å². The number of rotatable bonds is 6. The van der Waals surface area contributed by atoms with Crippen LogP contribution in [0.4, 0.5) is 5.69 Å². The molecule has 1 heterocycles. The van der Waals surface area contributed by atoms with Gasteiger partial charge < -0.3 is 9.88 Å². The van der Waals surface area contributed by atoms with Crippen molar-refractivity contribution in [2.75, 3.05) is 5.32 Å². The molecule has 0 bridgehead atoms. The Balaban J connectivity index is 2.12. The number of anilines is 1. The molecule has 1 atom stereocenters. The van der Waals surface area contributed by atoms with Crippen LogP contribution < -0.4 is 10.5 Å². The lowest BCUT2D eigenvalue weighted by atomic mass is 10.1. The van der Waals surface area contributed by atoms with Gasteiger partial charge in [0.25, 0.3) is 0 Å². The van der Waals surface area contributed by atoms with Gasteiger partial charge in [-0.25, -0.2) is 13.6 Å². The molecule has 23 heavy (non-hydrogen) atoms. The molecule has 2 rings (SSSR count). The Morgan fingerprint density at radius 1 is 1.30 bits per heavy atom. The van der Waals surface area contributed by atoms with Gasteiger partial charge in [-0.3, -0.25) is 4.79 Å². The van der Waals surface area contributed by atoms with Crippen molar-refractivity contribution in [2.45, 2.75) is 37.6 Å². The molecule has 0 saturated heterocycles. The van der Waals surface area contributed by atoms with Crippen LogP contribution in [-0.2, 0) is 21.2 Å². The summed E-state index contributed by atoms with van der Waals surface area (Å²) in [6, 6.07) is 8.58. The number of sulfonamides is 1. The van der Waals surface area contributed by atoms with Crippen LogP contribution in [0.15, 0.2) is 47.6 Å². The van der Waals surface area contributed by atoms with Crippen molar-refractivity contribution in [2.24, 2.45) is 5.14 Å². The van der Waals surface area contributed by atoms with Gasteiger partial charge in [0.2, 0.25) is 15.9 Å². The van der Waals surface area contributed by atoms with Crippen molar-refractivity contribution >= 4 is 21.6 Å². The monoisotopic (exact) mass is 335 g/mol. The Bertz CT molecular complexity index is 783. The van der Waals surface area contributed by atoms with E-state index >= 15 is 0 Å². The number of nitrogens with one attached hydrogen (secondary N) is 1. The van der Waals surface area contributed by atoms with E-state index in [2.05, 4.69) is 5.32 Å². The van der Waals surface area contributed by atoms with Gasteiger partial charge >= 0.3 is 0 Å². The molecule has 0 saturated carbocycles. The summed E-state index contributed by atoms with van der Waals surface area (Å²) >= 11 is 0. The van der Waals surface area contributed by atoms with Gasteiger partial charge in [0.05, 0.1) is 4.90 Å². The molecule has 3 N–H and O–H groups in total. The smallest absolute Gasteiger partial charge is 0.238 e. The SMILES string of the molecule is CCc1ccc(NC(=O)C[C@@H](C)n2cccc2)cc1S(N)(=O)=O.